The molecular weight excluding hydrogens is 324 g/mol. The normalized spacial score (nSPS) is 30.5. The van der Waals surface area contributed by atoms with Crippen molar-refractivity contribution in [1.82, 2.24) is 5.32 Å². The van der Waals surface area contributed by atoms with Crippen LogP contribution in [0.4, 0.5) is 5.69 Å². The molecule has 1 aromatic carbocycles. The van der Waals surface area contributed by atoms with Crippen molar-refractivity contribution < 1.29 is 0 Å². The molecule has 2 nitrogen and oxygen atoms in total. The van der Waals surface area contributed by atoms with Crippen LogP contribution in [-0.2, 0) is 0 Å². The molecule has 2 bridgehead atoms. The molecule has 3 rings (SSSR count). The number of fused-ring (bicyclic) bond motifs is 2. The highest BCUT2D eigenvalue weighted by molar-refractivity contribution is 9.10. The van der Waals surface area contributed by atoms with E-state index in [0.717, 1.165) is 9.50 Å². The van der Waals surface area contributed by atoms with E-state index in [1.807, 2.05) is 12.1 Å². The Hall–Kier alpha value is -0.250. The fraction of sp³-hybridized carbons (Fsp3) is 0.600. The highest BCUT2D eigenvalue weighted by atomic mass is 79.9. The van der Waals surface area contributed by atoms with Crippen LogP contribution in [0.2, 0.25) is 5.02 Å². The molecule has 19 heavy (non-hydrogen) atoms. The van der Waals surface area contributed by atoms with Crippen molar-refractivity contribution in [2.75, 3.05) is 11.9 Å². The van der Waals surface area contributed by atoms with Gasteiger partial charge in [0.05, 0.1) is 10.7 Å². The first-order valence-electron chi connectivity index (χ1n) is 7.09. The second kappa shape index (κ2) is 5.63. The van der Waals surface area contributed by atoms with Crippen molar-refractivity contribution in [1.29, 1.82) is 0 Å². The number of nitrogens with one attached hydrogen (secondary N) is 1. The lowest BCUT2D eigenvalue weighted by Gasteiger charge is -2.50. The third kappa shape index (κ3) is 2.65. The standard InChI is InChI=1S/C15H20BrClN2/c1-18-11-8-12-3-2-4-13(9-11)19(12)15-7-10(16)5-6-14(15)17/h5-7,11-13,18H,2-4,8-9H2,1H3. The van der Waals surface area contributed by atoms with Crippen LogP contribution in [0.25, 0.3) is 0 Å². The van der Waals surface area contributed by atoms with Gasteiger partial charge >= 0.3 is 0 Å². The molecule has 2 unspecified atom stereocenters. The summed E-state index contributed by atoms with van der Waals surface area (Å²) in [5.74, 6) is 0. The summed E-state index contributed by atoms with van der Waals surface area (Å²) in [7, 11) is 2.09. The highest BCUT2D eigenvalue weighted by Crippen LogP contribution is 2.41. The number of nitrogens with zero attached hydrogens (tertiary/aromatic N) is 1. The number of halogens is 2. The maximum atomic E-state index is 6.43. The van der Waals surface area contributed by atoms with E-state index in [0.29, 0.717) is 18.1 Å². The van der Waals surface area contributed by atoms with Gasteiger partial charge in [0.1, 0.15) is 0 Å². The summed E-state index contributed by atoms with van der Waals surface area (Å²) in [5.41, 5.74) is 1.21. The van der Waals surface area contributed by atoms with Gasteiger partial charge in [0.15, 0.2) is 0 Å². The lowest BCUT2D eigenvalue weighted by atomic mass is 9.81. The minimum atomic E-state index is 0.636. The monoisotopic (exact) mass is 342 g/mol. The van der Waals surface area contributed by atoms with Gasteiger partial charge in [-0.2, -0.15) is 0 Å². The van der Waals surface area contributed by atoms with Gasteiger partial charge in [-0.3, -0.25) is 0 Å². The zero-order chi connectivity index (χ0) is 13.4. The van der Waals surface area contributed by atoms with Gasteiger partial charge in [0.25, 0.3) is 0 Å². The third-order valence-electron chi connectivity index (χ3n) is 4.57. The third-order valence-corrected chi connectivity index (χ3v) is 5.38. The molecule has 0 aliphatic carbocycles. The van der Waals surface area contributed by atoms with Gasteiger partial charge in [-0.1, -0.05) is 27.5 Å². The number of hydrogen-bond acceptors (Lipinski definition) is 2. The molecule has 104 valence electrons. The number of piperidine rings is 2. The Morgan fingerprint density at radius 3 is 2.58 bits per heavy atom. The molecule has 2 saturated heterocycles. The predicted octanol–water partition coefficient (Wildman–Crippen LogP) is 4.21. The van der Waals surface area contributed by atoms with E-state index in [1.165, 1.54) is 37.8 Å². The molecule has 0 saturated carbocycles. The van der Waals surface area contributed by atoms with E-state index < -0.39 is 0 Å². The van der Waals surface area contributed by atoms with Gasteiger partial charge < -0.3 is 10.2 Å². The van der Waals surface area contributed by atoms with Crippen molar-refractivity contribution >= 4 is 33.2 Å². The van der Waals surface area contributed by atoms with Gasteiger partial charge in [0, 0.05) is 22.6 Å². The fourth-order valence-electron chi connectivity index (χ4n) is 3.69. The Bertz CT molecular complexity index is 451. The maximum absolute atomic E-state index is 6.43. The quantitative estimate of drug-likeness (QED) is 0.865. The van der Waals surface area contributed by atoms with E-state index in [9.17, 15) is 0 Å². The lowest BCUT2D eigenvalue weighted by Crippen LogP contribution is -2.56. The second-order valence-corrected chi connectivity index (χ2v) is 7.02. The summed E-state index contributed by atoms with van der Waals surface area (Å²) in [6.07, 6.45) is 6.40. The summed E-state index contributed by atoms with van der Waals surface area (Å²) in [6.45, 7) is 0. The van der Waals surface area contributed by atoms with Crippen molar-refractivity contribution in [2.24, 2.45) is 0 Å². The van der Waals surface area contributed by atoms with Crippen molar-refractivity contribution in [3.8, 4) is 0 Å². The number of rotatable bonds is 2. The summed E-state index contributed by atoms with van der Waals surface area (Å²) in [4.78, 5) is 2.59. The molecule has 2 aliphatic rings. The van der Waals surface area contributed by atoms with Gasteiger partial charge in [-0.15, -0.1) is 0 Å². The van der Waals surface area contributed by atoms with Crippen molar-refractivity contribution in [3.63, 3.8) is 0 Å². The average molecular weight is 344 g/mol. The van der Waals surface area contributed by atoms with E-state index in [2.05, 4.69) is 39.3 Å². The zero-order valence-corrected chi connectivity index (χ0v) is 13.5. The van der Waals surface area contributed by atoms with Crippen LogP contribution in [0.1, 0.15) is 32.1 Å². The largest absolute Gasteiger partial charge is 0.364 e. The molecule has 2 aliphatic heterocycles. The van der Waals surface area contributed by atoms with E-state index in [4.69, 9.17) is 11.6 Å². The molecule has 0 spiro atoms. The summed E-state index contributed by atoms with van der Waals surface area (Å²) >= 11 is 10.0. The summed E-state index contributed by atoms with van der Waals surface area (Å²) < 4.78 is 1.11. The van der Waals surface area contributed by atoms with Gasteiger partial charge in [0.2, 0.25) is 0 Å². The molecule has 2 fully saturated rings. The second-order valence-electron chi connectivity index (χ2n) is 5.70. The molecular formula is C15H20BrClN2. The molecule has 1 aromatic rings. The molecule has 1 N–H and O–H groups in total. The minimum Gasteiger partial charge on any atom is -0.364 e. The Balaban J connectivity index is 1.93. The molecule has 2 heterocycles. The number of anilines is 1. The smallest absolute Gasteiger partial charge is 0.0640 e. The van der Waals surface area contributed by atoms with Crippen LogP contribution in [0, 0.1) is 0 Å². The minimum absolute atomic E-state index is 0.636. The Morgan fingerprint density at radius 1 is 1.26 bits per heavy atom. The van der Waals surface area contributed by atoms with Crippen LogP contribution in [0.5, 0.6) is 0 Å². The molecule has 0 aromatic heterocycles. The highest BCUT2D eigenvalue weighted by Gasteiger charge is 2.38. The van der Waals surface area contributed by atoms with Crippen molar-refractivity contribution in [2.45, 2.75) is 50.2 Å². The average Bonchev–Trinajstić information content (AvgIpc) is 2.40. The van der Waals surface area contributed by atoms with Gasteiger partial charge in [-0.05, 0) is 57.4 Å². The molecule has 0 amide bonds. The van der Waals surface area contributed by atoms with Crippen LogP contribution < -0.4 is 10.2 Å². The van der Waals surface area contributed by atoms with E-state index >= 15 is 0 Å². The lowest BCUT2D eigenvalue weighted by molar-refractivity contribution is 0.252. The number of hydrogen-bond donors (Lipinski definition) is 1. The first kappa shape index (κ1) is 13.7. The number of benzene rings is 1. The van der Waals surface area contributed by atoms with Crippen LogP contribution in [0.3, 0.4) is 0 Å². The molecule has 4 heteroatoms. The SMILES string of the molecule is CNC1CC2CCCC(C1)N2c1cc(Br)ccc1Cl. The Kier molecular flexibility index (Phi) is 4.06. The first-order chi connectivity index (χ1) is 9.19. The zero-order valence-electron chi connectivity index (χ0n) is 11.2. The van der Waals surface area contributed by atoms with Crippen LogP contribution in [-0.4, -0.2) is 25.2 Å². The predicted molar refractivity (Wildman–Crippen MR) is 85.1 cm³/mol. The fourth-order valence-corrected chi connectivity index (χ4v) is 4.26. The van der Waals surface area contributed by atoms with E-state index in [1.54, 1.807) is 0 Å². The summed E-state index contributed by atoms with van der Waals surface area (Å²) in [6, 6.07) is 8.13. The Morgan fingerprint density at radius 2 is 1.95 bits per heavy atom. The first-order valence-corrected chi connectivity index (χ1v) is 8.27. The molecule has 2 atom stereocenters. The van der Waals surface area contributed by atoms with Crippen LogP contribution >= 0.6 is 27.5 Å². The maximum Gasteiger partial charge on any atom is 0.0640 e. The topological polar surface area (TPSA) is 15.3 Å². The molecule has 0 radical (unpaired) electrons. The van der Waals surface area contributed by atoms with E-state index in [-0.39, 0.29) is 0 Å². The van der Waals surface area contributed by atoms with Crippen molar-refractivity contribution in [3.05, 3.63) is 27.7 Å². The van der Waals surface area contributed by atoms with Crippen LogP contribution in [0.15, 0.2) is 22.7 Å². The van der Waals surface area contributed by atoms with Gasteiger partial charge in [-0.25, -0.2) is 0 Å². The Labute approximate surface area is 128 Å². The summed E-state index contributed by atoms with van der Waals surface area (Å²) in [5, 5.41) is 4.34.